The van der Waals surface area contributed by atoms with E-state index in [0.717, 1.165) is 37.9 Å². The molecule has 1 aliphatic carbocycles. The van der Waals surface area contributed by atoms with Crippen LogP contribution in [0.2, 0.25) is 5.02 Å². The van der Waals surface area contributed by atoms with Crippen LogP contribution in [0.5, 0.6) is 0 Å². The van der Waals surface area contributed by atoms with E-state index in [0.29, 0.717) is 60.6 Å². The maximum atomic E-state index is 14.5. The van der Waals surface area contributed by atoms with E-state index in [9.17, 15) is 9.65 Å². The normalized spacial score (nSPS) is 24.7. The average Bonchev–Trinajstić information content (AvgIpc) is 2.91. The fourth-order valence-electron chi connectivity index (χ4n) is 5.09. The van der Waals surface area contributed by atoms with Gasteiger partial charge in [0.25, 0.3) is 0 Å². The number of nitrogens with one attached hydrogen (secondary N) is 3. The molecule has 3 heterocycles. The number of rotatable bonds is 10. The highest BCUT2D eigenvalue weighted by atomic mass is 35.5. The molecule has 2 unspecified atom stereocenters. The van der Waals surface area contributed by atoms with Crippen LogP contribution in [0.4, 0.5) is 16.0 Å². The molecule has 0 bridgehead atoms. The minimum absolute atomic E-state index is 0.0308. The third kappa shape index (κ3) is 7.74. The Kier molecular flexibility index (Phi) is 9.92. The van der Waals surface area contributed by atoms with Crippen LogP contribution in [-0.2, 0) is 9.47 Å². The number of anilines is 2. The van der Waals surface area contributed by atoms with Gasteiger partial charge in [0, 0.05) is 50.1 Å². The van der Waals surface area contributed by atoms with Crippen LogP contribution in [-0.4, -0.2) is 61.1 Å². The van der Waals surface area contributed by atoms with Gasteiger partial charge in [-0.2, -0.15) is 5.26 Å². The van der Waals surface area contributed by atoms with Crippen molar-refractivity contribution in [2.24, 2.45) is 5.92 Å². The van der Waals surface area contributed by atoms with Crippen molar-refractivity contribution in [2.75, 3.05) is 37.5 Å². The van der Waals surface area contributed by atoms with Crippen LogP contribution in [0.25, 0.3) is 11.3 Å². The Balaban J connectivity index is 1.38. The van der Waals surface area contributed by atoms with Gasteiger partial charge >= 0.3 is 0 Å². The predicted octanol–water partition coefficient (Wildman–Crippen LogP) is 5.01. The van der Waals surface area contributed by atoms with Crippen LogP contribution in [0.1, 0.15) is 45.4 Å². The van der Waals surface area contributed by atoms with Crippen molar-refractivity contribution in [1.82, 2.24) is 15.3 Å². The summed E-state index contributed by atoms with van der Waals surface area (Å²) in [5, 5.41) is 19.9. The maximum Gasteiger partial charge on any atom is 0.165 e. The van der Waals surface area contributed by atoms with Crippen molar-refractivity contribution < 1.29 is 13.9 Å². The van der Waals surface area contributed by atoms with Gasteiger partial charge in [0.05, 0.1) is 35.4 Å². The minimum atomic E-state index is -0.454. The molecule has 2 aliphatic rings. The third-order valence-corrected chi connectivity index (χ3v) is 7.34. The van der Waals surface area contributed by atoms with E-state index in [2.05, 4.69) is 38.9 Å². The number of nitriles is 1. The first-order chi connectivity index (χ1) is 17.9. The number of ether oxygens (including phenoxy) is 2. The standard InChI is InChI=1S/C27H36ClFN6O2/c1-17(16-36-2)33-19-3-5-20(6-4-19)34-26-12-22(23(28)15-31-26)25-8-7-24(29)27(35-25)32-14-21-11-18(13-30)9-10-37-21/h7-8,12,15,17-21,33H,3-6,9-11,14,16H2,1-2H3,(H,31,34)(H,32,35)/t17-,18?,19?,20?,21?/m1/s1. The quantitative estimate of drug-likeness (QED) is 0.393. The SMILES string of the molecule is COC[C@@H](C)NC1CCC(Nc2cc(-c3ccc(F)c(NCC4CC(C#N)CCO4)n3)c(Cl)cn2)CC1. The van der Waals surface area contributed by atoms with E-state index in [-0.39, 0.29) is 17.8 Å². The summed E-state index contributed by atoms with van der Waals surface area (Å²) < 4.78 is 25.5. The molecule has 37 heavy (non-hydrogen) atoms. The molecule has 1 saturated heterocycles. The van der Waals surface area contributed by atoms with Gasteiger partial charge in [-0.1, -0.05) is 11.6 Å². The summed E-state index contributed by atoms with van der Waals surface area (Å²) in [5.41, 5.74) is 1.24. The predicted molar refractivity (Wildman–Crippen MR) is 143 cm³/mol. The van der Waals surface area contributed by atoms with Crippen molar-refractivity contribution >= 4 is 23.2 Å². The van der Waals surface area contributed by atoms with Crippen LogP contribution in [0.15, 0.2) is 24.4 Å². The first kappa shape index (κ1) is 27.5. The summed E-state index contributed by atoms with van der Waals surface area (Å²) in [5.74, 6) is 0.375. The second kappa shape index (κ2) is 13.3. The first-order valence-electron chi connectivity index (χ1n) is 13.0. The van der Waals surface area contributed by atoms with Gasteiger partial charge in [-0.05, 0) is 63.6 Å². The zero-order valence-corrected chi connectivity index (χ0v) is 22.2. The highest BCUT2D eigenvalue weighted by Gasteiger charge is 2.24. The number of hydrogen-bond donors (Lipinski definition) is 3. The fraction of sp³-hybridized carbons (Fsp3) is 0.593. The van der Waals surface area contributed by atoms with Crippen molar-refractivity contribution in [3.8, 4) is 17.3 Å². The topological polar surface area (TPSA) is 104 Å². The van der Waals surface area contributed by atoms with Crippen molar-refractivity contribution in [1.29, 1.82) is 5.26 Å². The summed E-state index contributed by atoms with van der Waals surface area (Å²) in [6.45, 7) is 3.77. The Morgan fingerprint density at radius 1 is 1.24 bits per heavy atom. The lowest BCUT2D eigenvalue weighted by molar-refractivity contribution is 0.0104. The highest BCUT2D eigenvalue weighted by Crippen LogP contribution is 2.31. The van der Waals surface area contributed by atoms with E-state index in [1.165, 1.54) is 6.07 Å². The van der Waals surface area contributed by atoms with Crippen LogP contribution < -0.4 is 16.0 Å². The molecule has 0 amide bonds. The summed E-state index contributed by atoms with van der Waals surface area (Å²) >= 11 is 6.48. The molecular formula is C27H36ClFN6O2. The van der Waals surface area contributed by atoms with Gasteiger partial charge in [-0.15, -0.1) is 0 Å². The number of nitrogens with zero attached hydrogens (tertiary/aromatic N) is 3. The van der Waals surface area contributed by atoms with E-state index in [1.54, 1.807) is 19.4 Å². The molecule has 0 radical (unpaired) electrons. The monoisotopic (exact) mass is 530 g/mol. The zero-order valence-electron chi connectivity index (χ0n) is 21.5. The average molecular weight is 531 g/mol. The maximum absolute atomic E-state index is 14.5. The van der Waals surface area contributed by atoms with Gasteiger partial charge in [-0.25, -0.2) is 14.4 Å². The van der Waals surface area contributed by atoms with Gasteiger partial charge in [0.2, 0.25) is 0 Å². The molecule has 4 rings (SSSR count). The molecule has 3 N–H and O–H groups in total. The number of hydrogen-bond acceptors (Lipinski definition) is 8. The number of aromatic nitrogens is 2. The lowest BCUT2D eigenvalue weighted by atomic mass is 9.90. The van der Waals surface area contributed by atoms with Gasteiger partial charge in [0.1, 0.15) is 5.82 Å². The number of halogens is 2. The lowest BCUT2D eigenvalue weighted by Crippen LogP contribution is -2.42. The molecule has 2 fully saturated rings. The molecule has 200 valence electrons. The zero-order chi connectivity index (χ0) is 26.2. The largest absolute Gasteiger partial charge is 0.383 e. The van der Waals surface area contributed by atoms with E-state index in [4.69, 9.17) is 21.1 Å². The minimum Gasteiger partial charge on any atom is -0.383 e. The van der Waals surface area contributed by atoms with Gasteiger partial charge in [-0.3, -0.25) is 0 Å². The third-order valence-electron chi connectivity index (χ3n) is 7.04. The smallest absolute Gasteiger partial charge is 0.165 e. The molecule has 0 aromatic carbocycles. The molecule has 2 aromatic rings. The molecule has 0 spiro atoms. The summed E-state index contributed by atoms with van der Waals surface area (Å²) in [6, 6.07) is 8.33. The van der Waals surface area contributed by atoms with Crippen LogP contribution in [0.3, 0.4) is 0 Å². The van der Waals surface area contributed by atoms with Crippen molar-refractivity contribution in [2.45, 2.75) is 69.7 Å². The lowest BCUT2D eigenvalue weighted by Gasteiger charge is -2.31. The fourth-order valence-corrected chi connectivity index (χ4v) is 5.29. The van der Waals surface area contributed by atoms with Crippen LogP contribution in [0, 0.1) is 23.1 Å². The number of pyridine rings is 2. The Hall–Kier alpha value is -2.51. The van der Waals surface area contributed by atoms with Crippen molar-refractivity contribution in [3.05, 3.63) is 35.2 Å². The Morgan fingerprint density at radius 2 is 2.03 bits per heavy atom. The Morgan fingerprint density at radius 3 is 2.78 bits per heavy atom. The number of methoxy groups -OCH3 is 1. The Labute approximate surface area is 223 Å². The summed E-state index contributed by atoms with van der Waals surface area (Å²) in [6.07, 6.45) is 7.05. The van der Waals surface area contributed by atoms with E-state index >= 15 is 0 Å². The highest BCUT2D eigenvalue weighted by molar-refractivity contribution is 6.33. The molecule has 10 heteroatoms. The molecule has 1 saturated carbocycles. The molecular weight excluding hydrogens is 495 g/mol. The second-order valence-corrected chi connectivity index (χ2v) is 10.4. The molecule has 3 atom stereocenters. The molecule has 1 aliphatic heterocycles. The molecule has 8 nitrogen and oxygen atoms in total. The first-order valence-corrected chi connectivity index (χ1v) is 13.4. The van der Waals surface area contributed by atoms with Gasteiger partial charge < -0.3 is 25.4 Å². The molecule has 2 aromatic heterocycles. The van der Waals surface area contributed by atoms with Crippen molar-refractivity contribution in [3.63, 3.8) is 0 Å². The van der Waals surface area contributed by atoms with E-state index < -0.39 is 5.82 Å². The summed E-state index contributed by atoms with van der Waals surface area (Å²) in [4.78, 5) is 8.97. The Bertz CT molecular complexity index is 1080. The van der Waals surface area contributed by atoms with E-state index in [1.807, 2.05) is 6.07 Å². The van der Waals surface area contributed by atoms with Gasteiger partial charge in [0.15, 0.2) is 11.6 Å². The summed E-state index contributed by atoms with van der Waals surface area (Å²) in [7, 11) is 1.73. The van der Waals surface area contributed by atoms with Crippen LogP contribution >= 0.6 is 11.6 Å². The second-order valence-electron chi connectivity index (χ2n) is 10.0.